The number of fused-ring (bicyclic) bond motifs is 1. The lowest BCUT2D eigenvalue weighted by molar-refractivity contribution is -0.115. The molecule has 5 rings (SSSR count). The molecule has 1 aromatic heterocycles. The van der Waals surface area contributed by atoms with Crippen LogP contribution in [0.15, 0.2) is 88.6 Å². The van der Waals surface area contributed by atoms with Crippen LogP contribution in [0.25, 0.3) is 22.0 Å². The summed E-state index contributed by atoms with van der Waals surface area (Å²) in [5, 5.41) is 8.17. The topological polar surface area (TPSA) is 78.4 Å². The maximum Gasteiger partial charge on any atom is 0.272 e. The van der Waals surface area contributed by atoms with Gasteiger partial charge in [-0.2, -0.15) is 5.10 Å². The smallest absolute Gasteiger partial charge is 0.272 e. The molecule has 0 bridgehead atoms. The molecule has 29 heavy (non-hydrogen) atoms. The van der Waals surface area contributed by atoms with Gasteiger partial charge in [0.15, 0.2) is 0 Å². The minimum atomic E-state index is -0.215. The van der Waals surface area contributed by atoms with Gasteiger partial charge in [-0.05, 0) is 18.2 Å². The average Bonchev–Trinajstić information content (AvgIpc) is 3.16. The van der Waals surface area contributed by atoms with Gasteiger partial charge in [0, 0.05) is 16.5 Å². The van der Waals surface area contributed by atoms with E-state index < -0.39 is 0 Å². The molecule has 6 heteroatoms. The van der Waals surface area contributed by atoms with Crippen molar-refractivity contribution in [2.45, 2.75) is 0 Å². The van der Waals surface area contributed by atoms with Crippen molar-refractivity contribution in [1.29, 1.82) is 0 Å². The van der Waals surface area contributed by atoms with E-state index in [2.05, 4.69) is 15.2 Å². The van der Waals surface area contributed by atoms with Gasteiger partial charge in [-0.15, -0.1) is 0 Å². The number of carbonyl (C=O) groups excluding carboxylic acids is 1. The van der Waals surface area contributed by atoms with Crippen LogP contribution in [0.4, 0.5) is 5.69 Å². The summed E-state index contributed by atoms with van der Waals surface area (Å²) in [6, 6.07) is 24.6. The fourth-order valence-electron chi connectivity index (χ4n) is 3.58. The number of carbonyl (C=O) groups is 1. The molecule has 3 aromatic carbocycles. The molecule has 4 aromatic rings. The molecule has 0 saturated carbocycles. The average molecular weight is 380 g/mol. The molecule has 6 nitrogen and oxygen atoms in total. The summed E-state index contributed by atoms with van der Waals surface area (Å²) in [5.41, 5.74) is 2.97. The van der Waals surface area contributed by atoms with E-state index >= 15 is 0 Å². The van der Waals surface area contributed by atoms with Gasteiger partial charge in [-0.3, -0.25) is 19.5 Å². The molecule has 140 valence electrons. The lowest BCUT2D eigenvalue weighted by Crippen LogP contribution is -2.32. The molecule has 0 atom stereocenters. The number of amides is 1. The summed E-state index contributed by atoms with van der Waals surface area (Å²) in [7, 11) is 0. The maximum atomic E-state index is 12.5. The molecule has 0 fully saturated rings. The number of nitrogens with one attached hydrogen (secondary N) is 1. The lowest BCUT2D eigenvalue weighted by Gasteiger charge is -2.19. The number of aromatic amines is 1. The Morgan fingerprint density at radius 3 is 2.21 bits per heavy atom. The van der Waals surface area contributed by atoms with Crippen LogP contribution < -0.4 is 10.5 Å². The van der Waals surface area contributed by atoms with Crippen LogP contribution in [-0.4, -0.2) is 28.5 Å². The van der Waals surface area contributed by atoms with Gasteiger partial charge in [0.25, 0.3) is 11.5 Å². The van der Waals surface area contributed by atoms with E-state index in [1.807, 2.05) is 72.8 Å². The van der Waals surface area contributed by atoms with E-state index in [-0.39, 0.29) is 18.0 Å². The molecular formula is C23H16N4O2. The van der Waals surface area contributed by atoms with Gasteiger partial charge >= 0.3 is 0 Å². The summed E-state index contributed by atoms with van der Waals surface area (Å²) in [5.74, 6) is 0.584. The number of amidine groups is 1. The van der Waals surface area contributed by atoms with Gasteiger partial charge in [-0.1, -0.05) is 60.7 Å². The first-order valence-electron chi connectivity index (χ1n) is 9.23. The molecule has 0 saturated heterocycles. The zero-order chi connectivity index (χ0) is 19.8. The SMILES string of the molecule is O=C1CN=C(c2ccccc2)N1c1ccc(-c2n[nH]c(=O)c3ccccc23)cc1. The Labute approximate surface area is 166 Å². The first-order valence-corrected chi connectivity index (χ1v) is 9.23. The largest absolute Gasteiger partial charge is 0.272 e. The molecule has 1 aliphatic rings. The third-order valence-electron chi connectivity index (χ3n) is 4.95. The Bertz CT molecular complexity index is 1310. The number of hydrogen-bond acceptors (Lipinski definition) is 4. The van der Waals surface area contributed by atoms with Crippen LogP contribution in [0, 0.1) is 0 Å². The second-order valence-corrected chi connectivity index (χ2v) is 6.73. The van der Waals surface area contributed by atoms with E-state index in [9.17, 15) is 9.59 Å². The normalized spacial score (nSPS) is 13.7. The van der Waals surface area contributed by atoms with Gasteiger partial charge in [0.2, 0.25) is 0 Å². The molecular weight excluding hydrogens is 364 g/mol. The molecule has 0 unspecified atom stereocenters. The maximum absolute atomic E-state index is 12.5. The summed E-state index contributed by atoms with van der Waals surface area (Å²) >= 11 is 0. The lowest BCUT2D eigenvalue weighted by atomic mass is 10.0. The molecule has 0 spiro atoms. The third-order valence-corrected chi connectivity index (χ3v) is 4.95. The highest BCUT2D eigenvalue weighted by Crippen LogP contribution is 2.28. The predicted molar refractivity (Wildman–Crippen MR) is 113 cm³/mol. The molecule has 1 amide bonds. The van der Waals surface area contributed by atoms with Crippen LogP contribution in [0.1, 0.15) is 5.56 Å². The first kappa shape index (κ1) is 17.1. The van der Waals surface area contributed by atoms with Crippen molar-refractivity contribution < 1.29 is 4.79 Å². The fraction of sp³-hybridized carbons (Fsp3) is 0.0435. The zero-order valence-corrected chi connectivity index (χ0v) is 15.4. The van der Waals surface area contributed by atoms with Crippen molar-refractivity contribution in [3.8, 4) is 11.3 Å². The van der Waals surface area contributed by atoms with Gasteiger partial charge in [0.05, 0.1) is 16.8 Å². The second kappa shape index (κ2) is 6.83. The van der Waals surface area contributed by atoms with E-state index in [0.717, 1.165) is 22.2 Å². The number of nitrogens with zero attached hydrogens (tertiary/aromatic N) is 3. The van der Waals surface area contributed by atoms with Gasteiger partial charge < -0.3 is 0 Å². The van der Waals surface area contributed by atoms with E-state index in [0.29, 0.717) is 16.9 Å². The van der Waals surface area contributed by atoms with Crippen molar-refractivity contribution >= 4 is 28.2 Å². The Kier molecular flexibility index (Phi) is 4.02. The zero-order valence-electron chi connectivity index (χ0n) is 15.4. The molecule has 1 N–H and O–H groups in total. The first-order chi connectivity index (χ1) is 14.2. The Morgan fingerprint density at radius 1 is 0.759 bits per heavy atom. The number of benzene rings is 3. The molecule has 0 aliphatic carbocycles. The number of hydrogen-bond donors (Lipinski definition) is 1. The van der Waals surface area contributed by atoms with E-state index in [1.54, 1.807) is 11.0 Å². The summed E-state index contributed by atoms with van der Waals surface area (Å²) in [6.45, 7) is 0.137. The minimum absolute atomic E-state index is 0.0655. The van der Waals surface area contributed by atoms with E-state index in [4.69, 9.17) is 0 Å². The predicted octanol–water partition coefficient (Wildman–Crippen LogP) is 3.38. The number of rotatable bonds is 3. The number of H-pyrrole nitrogens is 1. The monoisotopic (exact) mass is 380 g/mol. The Hall–Kier alpha value is -4.06. The highest BCUT2D eigenvalue weighted by molar-refractivity contribution is 6.27. The fourth-order valence-corrected chi connectivity index (χ4v) is 3.58. The van der Waals surface area contributed by atoms with Crippen molar-refractivity contribution in [2.75, 3.05) is 11.4 Å². The quantitative estimate of drug-likeness (QED) is 0.592. The van der Waals surface area contributed by atoms with Crippen LogP contribution in [-0.2, 0) is 4.79 Å². The third kappa shape index (κ3) is 2.91. The van der Waals surface area contributed by atoms with Crippen LogP contribution in [0.5, 0.6) is 0 Å². The van der Waals surface area contributed by atoms with Crippen LogP contribution >= 0.6 is 0 Å². The van der Waals surface area contributed by atoms with E-state index in [1.165, 1.54) is 0 Å². The molecule has 2 heterocycles. The number of anilines is 1. The molecule has 0 radical (unpaired) electrons. The van der Waals surface area contributed by atoms with Crippen molar-refractivity contribution in [3.63, 3.8) is 0 Å². The van der Waals surface area contributed by atoms with Gasteiger partial charge in [-0.25, -0.2) is 5.10 Å². The van der Waals surface area contributed by atoms with Crippen LogP contribution in [0.3, 0.4) is 0 Å². The number of aliphatic imine (C=N–C) groups is 1. The van der Waals surface area contributed by atoms with Crippen molar-refractivity contribution in [1.82, 2.24) is 10.2 Å². The summed E-state index contributed by atoms with van der Waals surface area (Å²) in [6.07, 6.45) is 0. The standard InChI is InChI=1S/C23H16N4O2/c28-20-14-24-22(16-6-2-1-3-7-16)27(20)17-12-10-15(11-13-17)21-18-8-4-5-9-19(18)23(29)26-25-21/h1-13H,14H2,(H,26,29). The van der Waals surface area contributed by atoms with Crippen molar-refractivity contribution in [3.05, 3.63) is 94.8 Å². The Morgan fingerprint density at radius 2 is 1.45 bits per heavy atom. The number of aromatic nitrogens is 2. The highest BCUT2D eigenvalue weighted by Gasteiger charge is 2.27. The Balaban J connectivity index is 1.55. The summed E-state index contributed by atoms with van der Waals surface area (Å²) < 4.78 is 0. The summed E-state index contributed by atoms with van der Waals surface area (Å²) in [4.78, 5) is 30.6. The second-order valence-electron chi connectivity index (χ2n) is 6.73. The minimum Gasteiger partial charge on any atom is -0.272 e. The van der Waals surface area contributed by atoms with Crippen LogP contribution in [0.2, 0.25) is 0 Å². The van der Waals surface area contributed by atoms with Crippen molar-refractivity contribution in [2.24, 2.45) is 4.99 Å². The molecule has 1 aliphatic heterocycles. The van der Waals surface area contributed by atoms with Gasteiger partial charge in [0.1, 0.15) is 12.4 Å². The highest BCUT2D eigenvalue weighted by atomic mass is 16.2.